The van der Waals surface area contributed by atoms with Crippen LogP contribution in [-0.2, 0) is 14.9 Å². The van der Waals surface area contributed by atoms with Gasteiger partial charge in [-0.2, -0.15) is 8.42 Å². The molecule has 2 aliphatic carbocycles. The molecule has 5 heteroatoms. The van der Waals surface area contributed by atoms with Crippen molar-refractivity contribution in [3.05, 3.63) is 0 Å². The number of hydrogen-bond donors (Lipinski definition) is 1. The molecule has 0 aliphatic heterocycles. The first-order valence-electron chi connectivity index (χ1n) is 5.11. The number of fused-ring (bicyclic) bond motifs is 2. The van der Waals surface area contributed by atoms with E-state index in [1.807, 2.05) is 0 Å². The Morgan fingerprint density at radius 2 is 2.07 bits per heavy atom. The predicted octanol–water partition coefficient (Wildman–Crippen LogP) is 1.08. The molecule has 2 fully saturated rings. The van der Waals surface area contributed by atoms with Gasteiger partial charge in [-0.25, -0.2) is 0 Å². The molecule has 2 aliphatic rings. The van der Waals surface area contributed by atoms with Crippen LogP contribution in [0.25, 0.3) is 0 Å². The van der Waals surface area contributed by atoms with Crippen LogP contribution >= 0.6 is 0 Å². The fourth-order valence-electron chi connectivity index (χ4n) is 2.70. The second kappa shape index (κ2) is 3.79. The minimum Gasteiger partial charge on any atom is -0.377 e. The second-order valence-electron chi connectivity index (χ2n) is 4.37. The Morgan fingerprint density at radius 3 is 2.57 bits per heavy atom. The summed E-state index contributed by atoms with van der Waals surface area (Å²) in [6, 6.07) is 0. The van der Waals surface area contributed by atoms with E-state index < -0.39 is 10.1 Å². The highest BCUT2D eigenvalue weighted by atomic mass is 32.2. The van der Waals surface area contributed by atoms with Crippen LogP contribution in [0.2, 0.25) is 0 Å². The Morgan fingerprint density at radius 1 is 1.29 bits per heavy atom. The largest absolute Gasteiger partial charge is 0.377 e. The summed E-state index contributed by atoms with van der Waals surface area (Å²) in [6.07, 6.45) is 5.10. The van der Waals surface area contributed by atoms with E-state index in [9.17, 15) is 8.42 Å². The van der Waals surface area contributed by atoms with Gasteiger partial charge in [-0.1, -0.05) is 0 Å². The van der Waals surface area contributed by atoms with Gasteiger partial charge in [0.25, 0.3) is 10.1 Å². The molecule has 3 unspecified atom stereocenters. The molecule has 0 aromatic carbocycles. The zero-order chi connectivity index (χ0) is 10.2. The maximum absolute atomic E-state index is 10.4. The average molecular weight is 220 g/mol. The molecule has 2 rings (SSSR count). The summed E-state index contributed by atoms with van der Waals surface area (Å²) in [5.74, 6) is 1.16. The van der Waals surface area contributed by atoms with E-state index in [1.165, 1.54) is 19.3 Å². The summed E-state index contributed by atoms with van der Waals surface area (Å²) in [4.78, 5) is 0. The first-order chi connectivity index (χ1) is 6.54. The van der Waals surface area contributed by atoms with Crippen LogP contribution in [0.3, 0.4) is 0 Å². The van der Waals surface area contributed by atoms with Gasteiger partial charge in [0.1, 0.15) is 0 Å². The Kier molecular flexibility index (Phi) is 2.81. The van der Waals surface area contributed by atoms with Crippen molar-refractivity contribution in [3.63, 3.8) is 0 Å². The van der Waals surface area contributed by atoms with Gasteiger partial charge in [-0.15, -0.1) is 0 Å². The van der Waals surface area contributed by atoms with E-state index in [0.717, 1.165) is 12.3 Å². The smallest absolute Gasteiger partial charge is 0.267 e. The lowest BCUT2D eigenvalue weighted by Gasteiger charge is -2.21. The summed E-state index contributed by atoms with van der Waals surface area (Å²) < 4.78 is 34.9. The highest BCUT2D eigenvalue weighted by molar-refractivity contribution is 7.85. The molecule has 0 radical (unpaired) electrons. The van der Waals surface area contributed by atoms with E-state index in [0.29, 0.717) is 5.92 Å². The predicted molar refractivity (Wildman–Crippen MR) is 51.6 cm³/mol. The van der Waals surface area contributed by atoms with Crippen LogP contribution in [0.15, 0.2) is 0 Å². The van der Waals surface area contributed by atoms with Crippen molar-refractivity contribution in [2.75, 3.05) is 12.4 Å². The van der Waals surface area contributed by atoms with Gasteiger partial charge in [-0.3, -0.25) is 4.55 Å². The molecule has 0 heterocycles. The normalized spacial score (nSPS) is 36.5. The first kappa shape index (κ1) is 10.4. The average Bonchev–Trinajstić information content (AvgIpc) is 2.62. The molecule has 0 saturated heterocycles. The lowest BCUT2D eigenvalue weighted by atomic mass is 9.98. The van der Waals surface area contributed by atoms with E-state index in [1.54, 1.807) is 0 Å². The van der Waals surface area contributed by atoms with Crippen LogP contribution in [0.4, 0.5) is 0 Å². The SMILES string of the molecule is O=S(=O)(O)CCOC1CC2CCC1C2. The number of hydrogen-bond acceptors (Lipinski definition) is 3. The van der Waals surface area contributed by atoms with Crippen molar-refractivity contribution < 1.29 is 17.7 Å². The fourth-order valence-corrected chi connectivity index (χ4v) is 3.00. The van der Waals surface area contributed by atoms with Gasteiger partial charge in [0.05, 0.1) is 18.5 Å². The molecule has 0 aromatic rings. The van der Waals surface area contributed by atoms with E-state index in [2.05, 4.69) is 0 Å². The molecule has 0 amide bonds. The third kappa shape index (κ3) is 2.46. The molecule has 14 heavy (non-hydrogen) atoms. The summed E-state index contributed by atoms with van der Waals surface area (Å²) in [6.45, 7) is 0.132. The maximum atomic E-state index is 10.4. The molecule has 2 saturated carbocycles. The second-order valence-corrected chi connectivity index (χ2v) is 5.94. The minimum absolute atomic E-state index is 0.132. The molecule has 0 aromatic heterocycles. The van der Waals surface area contributed by atoms with E-state index in [4.69, 9.17) is 9.29 Å². The molecule has 82 valence electrons. The van der Waals surface area contributed by atoms with Gasteiger partial charge >= 0.3 is 0 Å². The Hall–Kier alpha value is -0.130. The third-order valence-electron chi connectivity index (χ3n) is 3.35. The van der Waals surface area contributed by atoms with Gasteiger partial charge in [-0.05, 0) is 37.5 Å². The minimum atomic E-state index is -3.85. The zero-order valence-electron chi connectivity index (χ0n) is 8.05. The molecule has 0 spiro atoms. The summed E-state index contributed by atoms with van der Waals surface area (Å²) in [7, 11) is -3.85. The Balaban J connectivity index is 1.72. The summed E-state index contributed by atoms with van der Waals surface area (Å²) in [5.41, 5.74) is 0. The number of ether oxygens (including phenoxy) is 1. The van der Waals surface area contributed by atoms with Crippen molar-refractivity contribution >= 4 is 10.1 Å². The maximum Gasteiger partial charge on any atom is 0.267 e. The van der Waals surface area contributed by atoms with Crippen LogP contribution in [0.5, 0.6) is 0 Å². The van der Waals surface area contributed by atoms with Gasteiger partial charge in [0.15, 0.2) is 0 Å². The fraction of sp³-hybridized carbons (Fsp3) is 1.00. The van der Waals surface area contributed by atoms with Gasteiger partial charge < -0.3 is 4.74 Å². The molecular formula is C9H16O4S. The monoisotopic (exact) mass is 220 g/mol. The van der Waals surface area contributed by atoms with E-state index >= 15 is 0 Å². The molecule has 1 N–H and O–H groups in total. The highest BCUT2D eigenvalue weighted by Crippen LogP contribution is 2.45. The lowest BCUT2D eigenvalue weighted by molar-refractivity contribution is 0.0251. The van der Waals surface area contributed by atoms with Crippen LogP contribution in [-0.4, -0.2) is 31.4 Å². The van der Waals surface area contributed by atoms with Crippen molar-refractivity contribution in [3.8, 4) is 0 Å². The highest BCUT2D eigenvalue weighted by Gasteiger charge is 2.40. The zero-order valence-corrected chi connectivity index (χ0v) is 8.87. The quantitative estimate of drug-likeness (QED) is 0.720. The molecule has 3 atom stereocenters. The van der Waals surface area contributed by atoms with Crippen molar-refractivity contribution in [1.29, 1.82) is 0 Å². The summed E-state index contributed by atoms with van der Waals surface area (Å²) >= 11 is 0. The van der Waals surface area contributed by atoms with Crippen LogP contribution in [0.1, 0.15) is 25.7 Å². The Labute approximate surface area is 84.4 Å². The van der Waals surface area contributed by atoms with Crippen molar-refractivity contribution in [1.82, 2.24) is 0 Å². The molecule has 2 bridgehead atoms. The van der Waals surface area contributed by atoms with Crippen LogP contribution in [0, 0.1) is 11.8 Å². The van der Waals surface area contributed by atoms with E-state index in [-0.39, 0.29) is 18.5 Å². The standard InChI is InChI=1S/C9H16O4S/c10-14(11,12)4-3-13-9-6-7-1-2-8(9)5-7/h7-9H,1-6H2,(H,10,11,12). The van der Waals surface area contributed by atoms with Crippen LogP contribution < -0.4 is 0 Å². The number of rotatable bonds is 4. The first-order valence-corrected chi connectivity index (χ1v) is 6.72. The molecular weight excluding hydrogens is 204 g/mol. The molecule has 4 nitrogen and oxygen atoms in total. The lowest BCUT2D eigenvalue weighted by Crippen LogP contribution is -2.23. The van der Waals surface area contributed by atoms with Crippen molar-refractivity contribution in [2.24, 2.45) is 11.8 Å². The summed E-state index contributed by atoms with van der Waals surface area (Å²) in [5, 5.41) is 0. The Bertz CT molecular complexity index is 298. The third-order valence-corrected chi connectivity index (χ3v) is 4.03. The van der Waals surface area contributed by atoms with Crippen molar-refractivity contribution in [2.45, 2.75) is 31.8 Å². The van der Waals surface area contributed by atoms with Gasteiger partial charge in [0.2, 0.25) is 0 Å². The van der Waals surface area contributed by atoms with Gasteiger partial charge in [0, 0.05) is 0 Å². The topological polar surface area (TPSA) is 63.6 Å².